The fraction of sp³-hybridized carbons (Fsp3) is 0.192. The Bertz CT molecular complexity index is 1460. The summed E-state index contributed by atoms with van der Waals surface area (Å²) in [6.45, 7) is 9.82. The van der Waals surface area contributed by atoms with Gasteiger partial charge in [0.1, 0.15) is 17.9 Å². The number of aromatic nitrogens is 1. The number of thiazole rings is 1. The van der Waals surface area contributed by atoms with Gasteiger partial charge in [-0.3, -0.25) is 14.5 Å². The summed E-state index contributed by atoms with van der Waals surface area (Å²) in [4.78, 5) is 34.5. The minimum atomic E-state index is -0.675. The molecule has 6 nitrogen and oxygen atoms in total. The second kappa shape index (κ2) is 8.01. The quantitative estimate of drug-likeness (QED) is 0.370. The average molecular weight is 459 g/mol. The van der Waals surface area contributed by atoms with E-state index in [-0.39, 0.29) is 17.1 Å². The number of rotatable bonds is 5. The monoisotopic (exact) mass is 458 g/mol. The van der Waals surface area contributed by atoms with Crippen LogP contribution < -0.4 is 15.1 Å². The number of hydrogen-bond donors (Lipinski definition) is 0. The Morgan fingerprint density at radius 2 is 2.00 bits per heavy atom. The molecule has 5 rings (SSSR count). The first-order valence-electron chi connectivity index (χ1n) is 10.6. The lowest BCUT2D eigenvalue weighted by Crippen LogP contribution is -2.29. The fourth-order valence-electron chi connectivity index (χ4n) is 4.09. The van der Waals surface area contributed by atoms with Gasteiger partial charge < -0.3 is 9.15 Å². The Hall–Kier alpha value is -3.71. The van der Waals surface area contributed by atoms with Crippen molar-refractivity contribution in [2.75, 3.05) is 11.5 Å². The molecule has 166 valence electrons. The van der Waals surface area contributed by atoms with E-state index in [4.69, 9.17) is 9.15 Å². The number of nitrogens with zero attached hydrogens (tertiary/aromatic N) is 2. The molecular weight excluding hydrogens is 436 g/mol. The van der Waals surface area contributed by atoms with Gasteiger partial charge >= 0.3 is 0 Å². The van der Waals surface area contributed by atoms with Crippen molar-refractivity contribution in [1.29, 1.82) is 0 Å². The van der Waals surface area contributed by atoms with Crippen LogP contribution >= 0.6 is 11.3 Å². The van der Waals surface area contributed by atoms with Crippen LogP contribution in [0.15, 0.2) is 64.3 Å². The number of amides is 1. The summed E-state index contributed by atoms with van der Waals surface area (Å²) in [5.41, 5.74) is 3.04. The van der Waals surface area contributed by atoms with Gasteiger partial charge in [-0.15, -0.1) is 11.3 Å². The van der Waals surface area contributed by atoms with Gasteiger partial charge in [0.05, 0.1) is 22.7 Å². The van der Waals surface area contributed by atoms with E-state index in [1.807, 2.05) is 51.1 Å². The molecule has 4 aromatic rings. The molecule has 2 aromatic heterocycles. The smallest absolute Gasteiger partial charge is 0.297 e. The Morgan fingerprint density at radius 1 is 1.18 bits per heavy atom. The minimum Gasteiger partial charge on any atom is -0.490 e. The summed E-state index contributed by atoms with van der Waals surface area (Å²) in [5, 5.41) is 0.988. The van der Waals surface area contributed by atoms with Crippen molar-refractivity contribution >= 4 is 33.3 Å². The molecular formula is C26H22N2O4S. The third kappa shape index (κ3) is 3.45. The van der Waals surface area contributed by atoms with Crippen LogP contribution in [-0.4, -0.2) is 17.5 Å². The lowest BCUT2D eigenvalue weighted by atomic mass is 9.98. The van der Waals surface area contributed by atoms with Crippen LogP contribution in [0.1, 0.15) is 43.9 Å². The predicted octanol–water partition coefficient (Wildman–Crippen LogP) is 5.49. The molecule has 0 unspecified atom stereocenters. The minimum absolute atomic E-state index is 0.0595. The van der Waals surface area contributed by atoms with Gasteiger partial charge in [0.2, 0.25) is 5.76 Å². The van der Waals surface area contributed by atoms with E-state index in [0.717, 1.165) is 21.7 Å². The van der Waals surface area contributed by atoms with Gasteiger partial charge in [-0.1, -0.05) is 36.4 Å². The van der Waals surface area contributed by atoms with Crippen molar-refractivity contribution in [3.63, 3.8) is 0 Å². The standard InChI is InChI=1S/C26H22N2O4S/c1-5-11-31-18-8-6-7-17(13-18)22-21-23(29)19-12-14(2)9-10-20(19)32-24(21)25(30)28(22)26-27-15(3)16(4)33-26/h5-10,12-13,22H,1,11H2,2-4H3/t22-/m1/s1. The van der Waals surface area contributed by atoms with Crippen molar-refractivity contribution in [3.8, 4) is 5.75 Å². The normalized spacial score (nSPS) is 15.2. The van der Waals surface area contributed by atoms with E-state index in [9.17, 15) is 9.59 Å². The van der Waals surface area contributed by atoms with Gasteiger partial charge in [0.15, 0.2) is 10.6 Å². The molecule has 1 amide bonds. The highest BCUT2D eigenvalue weighted by Crippen LogP contribution is 2.43. The second-order valence-electron chi connectivity index (χ2n) is 8.06. The predicted molar refractivity (Wildman–Crippen MR) is 130 cm³/mol. The lowest BCUT2D eigenvalue weighted by Gasteiger charge is -2.23. The SMILES string of the molecule is C=CCOc1cccc([C@@H]2c3c(oc4ccc(C)cc4c3=O)C(=O)N2c2nc(C)c(C)s2)c1. The molecule has 1 aliphatic heterocycles. The van der Waals surface area contributed by atoms with Gasteiger partial charge in [-0.05, 0) is 50.6 Å². The molecule has 0 spiro atoms. The van der Waals surface area contributed by atoms with Crippen LogP contribution in [0.2, 0.25) is 0 Å². The van der Waals surface area contributed by atoms with E-state index in [2.05, 4.69) is 11.6 Å². The molecule has 0 bridgehead atoms. The molecule has 1 aliphatic rings. The van der Waals surface area contributed by atoms with Crippen LogP contribution in [0.4, 0.5) is 5.13 Å². The molecule has 2 aromatic carbocycles. The second-order valence-corrected chi connectivity index (χ2v) is 9.24. The van der Waals surface area contributed by atoms with Crippen LogP contribution in [0.25, 0.3) is 11.0 Å². The number of anilines is 1. The van der Waals surface area contributed by atoms with Crippen molar-refractivity contribution < 1.29 is 13.9 Å². The molecule has 0 fully saturated rings. The van der Waals surface area contributed by atoms with Gasteiger partial charge in [-0.25, -0.2) is 4.98 Å². The average Bonchev–Trinajstić information content (AvgIpc) is 3.29. The van der Waals surface area contributed by atoms with E-state index >= 15 is 0 Å². The molecule has 0 saturated carbocycles. The summed E-state index contributed by atoms with van der Waals surface area (Å²) in [5.74, 6) is 0.311. The first kappa shape index (κ1) is 21.2. The molecule has 1 atom stereocenters. The third-order valence-corrected chi connectivity index (χ3v) is 6.86. The summed E-state index contributed by atoms with van der Waals surface area (Å²) < 4.78 is 11.7. The van der Waals surface area contributed by atoms with Crippen LogP contribution in [-0.2, 0) is 0 Å². The number of fused-ring (bicyclic) bond motifs is 2. The van der Waals surface area contributed by atoms with Crippen molar-refractivity contribution in [2.24, 2.45) is 0 Å². The molecule has 0 aliphatic carbocycles. The molecule has 3 heterocycles. The van der Waals surface area contributed by atoms with Crippen LogP contribution in [0.5, 0.6) is 5.75 Å². The van der Waals surface area contributed by atoms with Crippen molar-refractivity contribution in [1.82, 2.24) is 4.98 Å². The summed E-state index contributed by atoms with van der Waals surface area (Å²) >= 11 is 1.42. The van der Waals surface area contributed by atoms with E-state index in [1.54, 1.807) is 23.1 Å². The summed E-state index contributed by atoms with van der Waals surface area (Å²) in [6.07, 6.45) is 1.66. The highest BCUT2D eigenvalue weighted by atomic mass is 32.1. The van der Waals surface area contributed by atoms with E-state index in [0.29, 0.717) is 34.0 Å². The van der Waals surface area contributed by atoms with Crippen molar-refractivity contribution in [2.45, 2.75) is 26.8 Å². The number of carbonyl (C=O) groups is 1. The van der Waals surface area contributed by atoms with Gasteiger partial charge in [0.25, 0.3) is 5.91 Å². The summed E-state index contributed by atoms with van der Waals surface area (Å²) in [6, 6.07) is 12.1. The number of carbonyl (C=O) groups excluding carboxylic acids is 1. The Morgan fingerprint density at radius 3 is 2.73 bits per heavy atom. The zero-order valence-electron chi connectivity index (χ0n) is 18.5. The Labute approximate surface area is 194 Å². The lowest BCUT2D eigenvalue weighted by molar-refractivity contribution is 0.0971. The highest BCUT2D eigenvalue weighted by Gasteiger charge is 2.45. The van der Waals surface area contributed by atoms with Crippen molar-refractivity contribution in [3.05, 3.63) is 98.4 Å². The maximum absolute atomic E-state index is 13.7. The number of ether oxygens (including phenoxy) is 1. The zero-order valence-corrected chi connectivity index (χ0v) is 19.4. The maximum Gasteiger partial charge on any atom is 0.297 e. The topological polar surface area (TPSA) is 72.6 Å². The molecule has 0 N–H and O–H groups in total. The first-order chi connectivity index (χ1) is 15.9. The molecule has 33 heavy (non-hydrogen) atoms. The fourth-order valence-corrected chi connectivity index (χ4v) is 5.02. The number of aryl methyl sites for hydroxylation is 3. The van der Waals surface area contributed by atoms with Crippen LogP contribution in [0.3, 0.4) is 0 Å². The molecule has 7 heteroatoms. The Balaban J connectivity index is 1.77. The number of hydrogen-bond acceptors (Lipinski definition) is 6. The van der Waals surface area contributed by atoms with E-state index < -0.39 is 6.04 Å². The zero-order chi connectivity index (χ0) is 23.3. The largest absolute Gasteiger partial charge is 0.490 e. The molecule has 0 radical (unpaired) electrons. The Kier molecular flexibility index (Phi) is 5.13. The number of benzene rings is 2. The van der Waals surface area contributed by atoms with Gasteiger partial charge in [0, 0.05) is 4.88 Å². The van der Waals surface area contributed by atoms with Gasteiger partial charge in [-0.2, -0.15) is 0 Å². The third-order valence-electron chi connectivity index (χ3n) is 5.79. The van der Waals surface area contributed by atoms with Crippen LogP contribution in [0, 0.1) is 20.8 Å². The highest BCUT2D eigenvalue weighted by molar-refractivity contribution is 7.15. The van der Waals surface area contributed by atoms with E-state index in [1.165, 1.54) is 11.3 Å². The summed E-state index contributed by atoms with van der Waals surface area (Å²) in [7, 11) is 0. The first-order valence-corrected chi connectivity index (χ1v) is 11.4. The maximum atomic E-state index is 13.7. The molecule has 0 saturated heterocycles.